The molecule has 2 aromatic heterocycles. The van der Waals surface area contributed by atoms with Crippen molar-refractivity contribution in [3.05, 3.63) is 60.2 Å². The van der Waals surface area contributed by atoms with E-state index in [1.807, 2.05) is 46.5 Å². The van der Waals surface area contributed by atoms with Crippen LogP contribution in [0.2, 0.25) is 5.02 Å². The second-order valence-corrected chi connectivity index (χ2v) is 17.4. The van der Waals surface area contributed by atoms with Gasteiger partial charge in [0.05, 0.1) is 18.0 Å². The van der Waals surface area contributed by atoms with Crippen LogP contribution in [0.5, 0.6) is 0 Å². The zero-order valence-electron chi connectivity index (χ0n) is 34.0. The molecule has 2 saturated carbocycles. The van der Waals surface area contributed by atoms with Crippen molar-refractivity contribution in [2.45, 2.75) is 114 Å². The van der Waals surface area contributed by atoms with E-state index in [1.165, 1.54) is 77.5 Å². The van der Waals surface area contributed by atoms with Gasteiger partial charge in [-0.05, 0) is 69.8 Å². The van der Waals surface area contributed by atoms with Gasteiger partial charge in [0, 0.05) is 82.4 Å². The molecule has 2 N–H and O–H groups in total. The lowest BCUT2D eigenvalue weighted by atomic mass is 9.97. The summed E-state index contributed by atoms with van der Waals surface area (Å²) in [6, 6.07) is 8.86. The van der Waals surface area contributed by atoms with E-state index in [-0.39, 0.29) is 17.7 Å². The molecule has 5 fully saturated rings. The number of hydrogen-bond acceptors (Lipinski definition) is 10. The first-order chi connectivity index (χ1) is 27.9. The highest BCUT2D eigenvalue weighted by Gasteiger charge is 2.36. The second kappa shape index (κ2) is 21.0. The van der Waals surface area contributed by atoms with E-state index < -0.39 is 6.04 Å². The van der Waals surface area contributed by atoms with Crippen LogP contribution in [-0.2, 0) is 16.0 Å². The third kappa shape index (κ3) is 11.4. The topological polar surface area (TPSA) is 133 Å². The zero-order chi connectivity index (χ0) is 39.4. The minimum atomic E-state index is -0.585. The van der Waals surface area contributed by atoms with Crippen molar-refractivity contribution in [2.75, 3.05) is 72.5 Å². The van der Waals surface area contributed by atoms with Crippen LogP contribution < -0.4 is 10.6 Å². The molecule has 5 heterocycles. The molecule has 0 radical (unpaired) electrons. The Bertz CT molecular complexity index is 1620. The fourth-order valence-electron chi connectivity index (χ4n) is 9.85. The third-order valence-corrected chi connectivity index (χ3v) is 13.4. The molecule has 57 heavy (non-hydrogen) atoms. The minimum absolute atomic E-state index is 0.00501. The van der Waals surface area contributed by atoms with Gasteiger partial charge in [0.2, 0.25) is 11.8 Å². The van der Waals surface area contributed by atoms with Crippen LogP contribution in [0.3, 0.4) is 0 Å². The molecule has 1 aromatic carbocycles. The van der Waals surface area contributed by atoms with Crippen LogP contribution in [0.1, 0.15) is 94.7 Å². The van der Waals surface area contributed by atoms with Gasteiger partial charge < -0.3 is 20.4 Å². The number of carbonyl (C=O) groups excluding carboxylic acids is 2. The summed E-state index contributed by atoms with van der Waals surface area (Å²) in [5, 5.41) is 16.0. The molecule has 2 aliphatic carbocycles. The Morgan fingerprint density at radius 3 is 1.77 bits per heavy atom. The molecular weight excluding hydrogens is 740 g/mol. The molecule has 2 amide bonds. The summed E-state index contributed by atoms with van der Waals surface area (Å²) >= 11 is 6.08. The first-order valence-corrected chi connectivity index (χ1v) is 22.2. The van der Waals surface area contributed by atoms with E-state index in [0.29, 0.717) is 55.2 Å². The van der Waals surface area contributed by atoms with Crippen LogP contribution in [-0.4, -0.2) is 152 Å². The van der Waals surface area contributed by atoms with E-state index >= 15 is 0 Å². The maximum atomic E-state index is 13.8. The number of hydrogen-bond donors (Lipinski definition) is 2. The Kier molecular flexibility index (Phi) is 15.4. The van der Waals surface area contributed by atoms with Gasteiger partial charge >= 0.3 is 0 Å². The molecular formula is C42H65ClN12O2. The van der Waals surface area contributed by atoms with E-state index in [4.69, 9.17) is 11.6 Å². The highest BCUT2D eigenvalue weighted by molar-refractivity contribution is 6.30. The van der Waals surface area contributed by atoms with Gasteiger partial charge in [0.25, 0.3) is 0 Å². The summed E-state index contributed by atoms with van der Waals surface area (Å²) < 4.78 is 4.14. The van der Waals surface area contributed by atoms with Crippen molar-refractivity contribution in [1.29, 1.82) is 0 Å². The predicted octanol–water partition coefficient (Wildman–Crippen LogP) is 4.08. The van der Waals surface area contributed by atoms with Gasteiger partial charge in [-0.2, -0.15) is 10.2 Å². The minimum Gasteiger partial charge on any atom is -0.344 e. The predicted molar refractivity (Wildman–Crippen MR) is 222 cm³/mol. The lowest BCUT2D eigenvalue weighted by Crippen LogP contribution is -2.58. The number of nitrogens with one attached hydrogen (secondary N) is 2. The Hall–Kier alpha value is -3.43. The Morgan fingerprint density at radius 1 is 0.719 bits per heavy atom. The van der Waals surface area contributed by atoms with Gasteiger partial charge in [-0.25, -0.2) is 19.3 Å². The molecule has 15 heteroatoms. The molecule has 3 aromatic rings. The summed E-state index contributed by atoms with van der Waals surface area (Å²) in [7, 11) is 2.22. The van der Waals surface area contributed by atoms with Crippen LogP contribution in [0.15, 0.2) is 49.6 Å². The Balaban J connectivity index is 0.000000218. The number of halogens is 1. The van der Waals surface area contributed by atoms with Gasteiger partial charge in [-0.1, -0.05) is 62.3 Å². The summed E-state index contributed by atoms with van der Waals surface area (Å²) in [5.74, 6) is -0.118. The number of likely N-dealkylation sites (N-methyl/N-ethyl adjacent to an activating group) is 1. The number of piperazine rings is 2. The van der Waals surface area contributed by atoms with Crippen molar-refractivity contribution in [3.8, 4) is 0 Å². The highest BCUT2D eigenvalue weighted by atomic mass is 35.5. The molecule has 14 nitrogen and oxygen atoms in total. The van der Waals surface area contributed by atoms with Crippen molar-refractivity contribution in [2.24, 2.45) is 5.92 Å². The van der Waals surface area contributed by atoms with Crippen molar-refractivity contribution < 1.29 is 9.59 Å². The van der Waals surface area contributed by atoms with Crippen LogP contribution in [0, 0.1) is 5.92 Å². The summed E-state index contributed by atoms with van der Waals surface area (Å²) in [5.41, 5.74) is 0.989. The van der Waals surface area contributed by atoms with E-state index in [9.17, 15) is 9.59 Å². The Labute approximate surface area is 344 Å². The number of benzene rings is 1. The molecule has 3 aliphatic heterocycles. The normalized spacial score (nSPS) is 27.7. The van der Waals surface area contributed by atoms with Gasteiger partial charge in [-0.3, -0.25) is 19.4 Å². The van der Waals surface area contributed by atoms with Crippen LogP contribution in [0.25, 0.3) is 0 Å². The number of rotatable bonds is 9. The number of carbonyl (C=O) groups is 2. The quantitative estimate of drug-likeness (QED) is 0.305. The van der Waals surface area contributed by atoms with Gasteiger partial charge in [-0.15, -0.1) is 0 Å². The van der Waals surface area contributed by atoms with Crippen molar-refractivity contribution in [1.82, 2.24) is 59.8 Å². The Morgan fingerprint density at radius 2 is 1.26 bits per heavy atom. The molecule has 0 spiro atoms. The number of amides is 2. The standard InChI is InChI=1S/C28H40ClN7O2.C14H25N5/c29-23-10-8-21(9-11-23)17-24(33-27(37)22-5-4-12-30-18-22)28(38)35-15-13-34(14-16-35)25-6-2-1-3-7-26(25)36-20-31-19-32-36;1-17-7-9-18(10-8-17)13-5-3-2-4-6-14(13)19-12-15-11-16-19/h8-11,19-20,22,24-26,30H,1-7,12-18H2,(H,33,37);11-14H,2-10H2,1H3/t22?,24-,25?,26?;/m1./s1. The molecule has 312 valence electrons. The van der Waals surface area contributed by atoms with E-state index in [1.54, 1.807) is 12.7 Å². The van der Waals surface area contributed by atoms with E-state index in [2.05, 4.69) is 57.2 Å². The zero-order valence-corrected chi connectivity index (χ0v) is 34.8. The maximum Gasteiger partial charge on any atom is 0.245 e. The number of piperidine rings is 1. The van der Waals surface area contributed by atoms with E-state index in [0.717, 1.165) is 50.9 Å². The SMILES string of the molecule is CN1CCN(C2CCCCCC2n2cncn2)CC1.O=C(N[C@H](Cc1ccc(Cl)cc1)C(=O)N1CCN(C2CCCCCC2n2cncn2)CC1)C1CCCNC1. The largest absolute Gasteiger partial charge is 0.344 e. The third-order valence-electron chi connectivity index (χ3n) is 13.2. The molecule has 0 bridgehead atoms. The average molecular weight is 806 g/mol. The fraction of sp³-hybridized carbons (Fsp3) is 0.714. The number of aromatic nitrogens is 6. The van der Waals surface area contributed by atoms with Crippen molar-refractivity contribution in [3.63, 3.8) is 0 Å². The lowest BCUT2D eigenvalue weighted by molar-refractivity contribution is -0.139. The monoisotopic (exact) mass is 805 g/mol. The highest BCUT2D eigenvalue weighted by Crippen LogP contribution is 2.32. The molecule has 8 rings (SSSR count). The second-order valence-electron chi connectivity index (χ2n) is 16.9. The molecule has 5 aliphatic rings. The first kappa shape index (κ1) is 41.7. The molecule has 6 atom stereocenters. The summed E-state index contributed by atoms with van der Waals surface area (Å²) in [4.78, 5) is 44.9. The fourth-order valence-corrected chi connectivity index (χ4v) is 9.98. The molecule has 5 unspecified atom stereocenters. The van der Waals surface area contributed by atoms with Crippen molar-refractivity contribution >= 4 is 23.4 Å². The van der Waals surface area contributed by atoms with Crippen LogP contribution >= 0.6 is 11.6 Å². The number of nitrogens with zero attached hydrogens (tertiary/aromatic N) is 10. The smallest absolute Gasteiger partial charge is 0.245 e. The first-order valence-electron chi connectivity index (χ1n) is 21.8. The summed E-state index contributed by atoms with van der Waals surface area (Å²) in [6.07, 6.45) is 21.9. The molecule has 3 saturated heterocycles. The van der Waals surface area contributed by atoms with Crippen LogP contribution in [0.4, 0.5) is 0 Å². The van der Waals surface area contributed by atoms with Gasteiger partial charge in [0.15, 0.2) is 0 Å². The summed E-state index contributed by atoms with van der Waals surface area (Å²) in [6.45, 7) is 9.39. The van der Waals surface area contributed by atoms with Gasteiger partial charge in [0.1, 0.15) is 31.4 Å². The average Bonchev–Trinajstić information content (AvgIpc) is 3.88. The maximum absolute atomic E-state index is 13.8. The lowest BCUT2D eigenvalue weighted by Gasteiger charge is -2.42.